The number of hydrogen-bond donors (Lipinski definition) is 0. The van der Waals surface area contributed by atoms with Gasteiger partial charge in [-0.05, 0) is 50.1 Å². The van der Waals surface area contributed by atoms with Crippen molar-refractivity contribution in [3.05, 3.63) is 34.4 Å². The van der Waals surface area contributed by atoms with Crippen LogP contribution >= 0.6 is 0 Å². The van der Waals surface area contributed by atoms with Crippen molar-refractivity contribution in [1.29, 1.82) is 5.26 Å². The Morgan fingerprint density at radius 1 is 1.28 bits per heavy atom. The van der Waals surface area contributed by atoms with E-state index in [1.165, 1.54) is 22.3 Å². The highest BCUT2D eigenvalue weighted by atomic mass is 16.1. The van der Waals surface area contributed by atoms with Gasteiger partial charge in [0.1, 0.15) is 0 Å². The SMILES string of the molecule is Cc1ccc(CN(C)CC(=O)CC#N)c(C)c1C. The van der Waals surface area contributed by atoms with E-state index in [9.17, 15) is 4.79 Å². The van der Waals surface area contributed by atoms with Gasteiger partial charge in [0.25, 0.3) is 0 Å². The first-order valence-corrected chi connectivity index (χ1v) is 6.08. The minimum atomic E-state index is -0.0264. The smallest absolute Gasteiger partial charge is 0.160 e. The van der Waals surface area contributed by atoms with Gasteiger partial charge in [0, 0.05) is 6.54 Å². The van der Waals surface area contributed by atoms with Crippen molar-refractivity contribution in [2.75, 3.05) is 13.6 Å². The Morgan fingerprint density at radius 3 is 2.56 bits per heavy atom. The molecular weight excluding hydrogens is 224 g/mol. The van der Waals surface area contributed by atoms with Gasteiger partial charge in [-0.25, -0.2) is 0 Å². The van der Waals surface area contributed by atoms with Crippen molar-refractivity contribution in [1.82, 2.24) is 4.90 Å². The van der Waals surface area contributed by atoms with Gasteiger partial charge in [-0.1, -0.05) is 12.1 Å². The summed E-state index contributed by atoms with van der Waals surface area (Å²) in [6, 6.07) is 6.12. The number of aryl methyl sites for hydroxylation is 1. The first-order chi connectivity index (χ1) is 8.45. The van der Waals surface area contributed by atoms with Crippen LogP contribution in [0.3, 0.4) is 0 Å². The van der Waals surface area contributed by atoms with E-state index in [4.69, 9.17) is 5.26 Å². The predicted octanol–water partition coefficient (Wildman–Crippen LogP) is 2.53. The number of rotatable bonds is 5. The first kappa shape index (κ1) is 14.4. The molecule has 0 bridgehead atoms. The molecule has 0 N–H and O–H groups in total. The molecule has 3 nitrogen and oxygen atoms in total. The van der Waals surface area contributed by atoms with Crippen LogP contribution in [-0.2, 0) is 11.3 Å². The summed E-state index contributed by atoms with van der Waals surface area (Å²) in [5.41, 5.74) is 5.13. The fourth-order valence-corrected chi connectivity index (χ4v) is 1.98. The summed E-state index contributed by atoms with van der Waals surface area (Å²) < 4.78 is 0. The number of likely N-dealkylation sites (N-methyl/N-ethyl adjacent to an activating group) is 1. The standard InChI is InChI=1S/C15H20N2O/c1-11-5-6-14(13(3)12(11)2)9-17(4)10-15(18)7-8-16/h5-6H,7,9-10H2,1-4H3. The Bertz CT molecular complexity index is 486. The van der Waals surface area contributed by atoms with Crippen LogP contribution in [-0.4, -0.2) is 24.3 Å². The molecule has 0 fully saturated rings. The maximum Gasteiger partial charge on any atom is 0.160 e. The lowest BCUT2D eigenvalue weighted by molar-refractivity contribution is -0.119. The van der Waals surface area contributed by atoms with E-state index in [1.54, 1.807) is 0 Å². The molecule has 0 spiro atoms. The van der Waals surface area contributed by atoms with Gasteiger partial charge in [0.2, 0.25) is 0 Å². The number of benzene rings is 1. The van der Waals surface area contributed by atoms with E-state index in [2.05, 4.69) is 32.9 Å². The van der Waals surface area contributed by atoms with Crippen molar-refractivity contribution < 1.29 is 4.79 Å². The molecule has 0 aliphatic carbocycles. The number of Topliss-reactive ketones (excluding diaryl/α,β-unsaturated/α-hetero) is 1. The minimum absolute atomic E-state index is 0.00372. The molecule has 0 saturated heterocycles. The summed E-state index contributed by atoms with van der Waals surface area (Å²) >= 11 is 0. The molecule has 0 aromatic heterocycles. The number of carbonyl (C=O) groups excluding carboxylic acids is 1. The van der Waals surface area contributed by atoms with Crippen LogP contribution in [0.25, 0.3) is 0 Å². The highest BCUT2D eigenvalue weighted by Gasteiger charge is 2.09. The molecule has 1 aromatic rings. The Balaban J connectivity index is 2.71. The molecule has 0 heterocycles. The van der Waals surface area contributed by atoms with Crippen molar-refractivity contribution in [2.24, 2.45) is 0 Å². The van der Waals surface area contributed by atoms with Crippen molar-refractivity contribution >= 4 is 5.78 Å². The molecule has 18 heavy (non-hydrogen) atoms. The zero-order valence-corrected chi connectivity index (χ0v) is 11.6. The van der Waals surface area contributed by atoms with E-state index < -0.39 is 0 Å². The summed E-state index contributed by atoms with van der Waals surface area (Å²) in [5.74, 6) is -0.0264. The number of ketones is 1. The second-order valence-electron chi connectivity index (χ2n) is 4.84. The van der Waals surface area contributed by atoms with Gasteiger partial charge in [0.15, 0.2) is 5.78 Å². The van der Waals surface area contributed by atoms with Crippen LogP contribution < -0.4 is 0 Å². The Hall–Kier alpha value is -1.66. The van der Waals surface area contributed by atoms with Crippen LogP contribution in [0.1, 0.15) is 28.7 Å². The zero-order valence-electron chi connectivity index (χ0n) is 11.6. The number of hydrogen-bond acceptors (Lipinski definition) is 3. The Kier molecular flexibility index (Phi) is 5.06. The zero-order chi connectivity index (χ0) is 13.7. The lowest BCUT2D eigenvalue weighted by Gasteiger charge is -2.18. The molecule has 1 aromatic carbocycles. The average molecular weight is 244 g/mol. The third-order valence-corrected chi connectivity index (χ3v) is 3.33. The van der Waals surface area contributed by atoms with Gasteiger partial charge in [0.05, 0.1) is 19.0 Å². The summed E-state index contributed by atoms with van der Waals surface area (Å²) in [6.45, 7) is 7.41. The summed E-state index contributed by atoms with van der Waals surface area (Å²) in [5, 5.41) is 8.46. The molecule has 0 unspecified atom stereocenters. The molecule has 0 saturated carbocycles. The molecule has 1 rings (SSSR count). The highest BCUT2D eigenvalue weighted by molar-refractivity contribution is 5.82. The van der Waals surface area contributed by atoms with Crippen molar-refractivity contribution in [2.45, 2.75) is 33.7 Å². The quantitative estimate of drug-likeness (QED) is 0.799. The van der Waals surface area contributed by atoms with Crippen LogP contribution in [0, 0.1) is 32.1 Å². The summed E-state index contributed by atoms with van der Waals surface area (Å²) in [7, 11) is 1.91. The Labute approximate surface area is 109 Å². The lowest BCUT2D eigenvalue weighted by atomic mass is 9.98. The van der Waals surface area contributed by atoms with Gasteiger partial charge in [-0.3, -0.25) is 9.69 Å². The van der Waals surface area contributed by atoms with E-state index in [1.807, 2.05) is 18.0 Å². The fourth-order valence-electron chi connectivity index (χ4n) is 1.98. The second kappa shape index (κ2) is 6.32. The second-order valence-corrected chi connectivity index (χ2v) is 4.84. The van der Waals surface area contributed by atoms with Crippen LogP contribution in [0.4, 0.5) is 0 Å². The lowest BCUT2D eigenvalue weighted by Crippen LogP contribution is -2.25. The normalized spacial score (nSPS) is 10.4. The van der Waals surface area contributed by atoms with Crippen LogP contribution in [0.15, 0.2) is 12.1 Å². The van der Waals surface area contributed by atoms with Crippen molar-refractivity contribution in [3.8, 4) is 6.07 Å². The predicted molar refractivity (Wildman–Crippen MR) is 72.2 cm³/mol. The largest absolute Gasteiger partial charge is 0.297 e. The average Bonchev–Trinajstić information content (AvgIpc) is 2.30. The van der Waals surface area contributed by atoms with Gasteiger partial charge in [-0.15, -0.1) is 0 Å². The molecular formula is C15H20N2O. The van der Waals surface area contributed by atoms with Crippen LogP contribution in [0.5, 0.6) is 0 Å². The molecule has 3 heteroatoms. The molecule has 0 radical (unpaired) electrons. The number of nitrogens with zero attached hydrogens (tertiary/aromatic N) is 2. The van der Waals surface area contributed by atoms with Crippen LogP contribution in [0.2, 0.25) is 0 Å². The molecule has 0 amide bonds. The number of nitriles is 1. The molecule has 96 valence electrons. The molecule has 0 aliphatic heterocycles. The highest BCUT2D eigenvalue weighted by Crippen LogP contribution is 2.18. The summed E-state index contributed by atoms with van der Waals surface area (Å²) in [4.78, 5) is 13.3. The number of carbonyl (C=O) groups is 1. The topological polar surface area (TPSA) is 44.1 Å². The third kappa shape index (κ3) is 3.68. The maximum atomic E-state index is 11.4. The third-order valence-electron chi connectivity index (χ3n) is 3.33. The van der Waals surface area contributed by atoms with E-state index >= 15 is 0 Å². The monoisotopic (exact) mass is 244 g/mol. The van der Waals surface area contributed by atoms with E-state index in [-0.39, 0.29) is 12.2 Å². The Morgan fingerprint density at radius 2 is 1.94 bits per heavy atom. The maximum absolute atomic E-state index is 11.4. The molecule has 0 aliphatic rings. The molecule has 0 atom stereocenters. The minimum Gasteiger partial charge on any atom is -0.297 e. The van der Waals surface area contributed by atoms with E-state index in [0.29, 0.717) is 6.54 Å². The van der Waals surface area contributed by atoms with Gasteiger partial charge >= 0.3 is 0 Å². The first-order valence-electron chi connectivity index (χ1n) is 6.08. The summed E-state index contributed by atoms with van der Waals surface area (Å²) in [6.07, 6.45) is -0.00372. The van der Waals surface area contributed by atoms with Gasteiger partial charge in [-0.2, -0.15) is 5.26 Å². The van der Waals surface area contributed by atoms with E-state index in [0.717, 1.165) is 6.54 Å². The van der Waals surface area contributed by atoms with Gasteiger partial charge < -0.3 is 0 Å². The van der Waals surface area contributed by atoms with Crippen molar-refractivity contribution in [3.63, 3.8) is 0 Å². The fraction of sp³-hybridized carbons (Fsp3) is 0.467.